The van der Waals surface area contributed by atoms with Gasteiger partial charge in [-0.3, -0.25) is 14.9 Å². The minimum Gasteiger partial charge on any atom is -0.347 e. The van der Waals surface area contributed by atoms with E-state index in [1.807, 2.05) is 0 Å². The van der Waals surface area contributed by atoms with Gasteiger partial charge in [-0.05, 0) is 0 Å². The Morgan fingerprint density at radius 3 is 2.56 bits per heavy atom. The zero-order chi connectivity index (χ0) is 13.9. The molecule has 1 aromatic rings. The Hall–Kier alpha value is -1.83. The van der Waals surface area contributed by atoms with Crippen LogP contribution in [0.25, 0.3) is 0 Å². The summed E-state index contributed by atoms with van der Waals surface area (Å²) >= 11 is 2.97. The Bertz CT molecular complexity index is 534. The molecule has 0 bridgehead atoms. The van der Waals surface area contributed by atoms with E-state index in [0.717, 1.165) is 0 Å². The summed E-state index contributed by atoms with van der Waals surface area (Å²) in [5.41, 5.74) is -1.56. The van der Waals surface area contributed by atoms with Crippen LogP contribution in [0.3, 0.4) is 0 Å². The van der Waals surface area contributed by atoms with Crippen molar-refractivity contribution in [3.63, 3.8) is 0 Å². The molecule has 1 N–H and O–H groups in total. The number of carbonyl (C=O) groups excluding carboxylic acids is 1. The molecule has 0 aromatic heterocycles. The van der Waals surface area contributed by atoms with E-state index in [1.54, 1.807) is 0 Å². The van der Waals surface area contributed by atoms with E-state index < -0.39 is 33.7 Å². The van der Waals surface area contributed by atoms with E-state index in [1.165, 1.54) is 0 Å². The number of nitro groups is 1. The minimum atomic E-state index is -1.33. The van der Waals surface area contributed by atoms with Gasteiger partial charge in [0, 0.05) is 23.2 Å². The molecule has 0 aliphatic rings. The maximum Gasteiger partial charge on any atom is 0.305 e. The summed E-state index contributed by atoms with van der Waals surface area (Å²) in [6, 6.07) is 0.854. The molecule has 0 saturated carbocycles. The van der Waals surface area contributed by atoms with Crippen molar-refractivity contribution in [3.8, 4) is 0 Å². The molecular weight excluding hydrogens is 314 g/mol. The van der Waals surface area contributed by atoms with Gasteiger partial charge in [0.2, 0.25) is 5.82 Å². The van der Waals surface area contributed by atoms with Gasteiger partial charge in [0.1, 0.15) is 5.82 Å². The molecule has 0 aliphatic heterocycles. The van der Waals surface area contributed by atoms with Crippen LogP contribution in [-0.4, -0.2) is 17.4 Å². The van der Waals surface area contributed by atoms with Gasteiger partial charge in [-0.25, -0.2) is 4.39 Å². The van der Waals surface area contributed by atoms with Crippen molar-refractivity contribution >= 4 is 27.5 Å². The van der Waals surface area contributed by atoms with Crippen molar-refractivity contribution in [1.82, 2.24) is 5.32 Å². The van der Waals surface area contributed by atoms with Crippen LogP contribution in [0.1, 0.15) is 10.4 Å². The summed E-state index contributed by atoms with van der Waals surface area (Å²) in [6.45, 7) is 3.46. The fourth-order valence-electron chi connectivity index (χ4n) is 1.12. The zero-order valence-corrected chi connectivity index (χ0v) is 10.5. The number of benzene rings is 1. The highest BCUT2D eigenvalue weighted by Crippen LogP contribution is 2.21. The molecule has 8 heteroatoms. The molecule has 18 heavy (non-hydrogen) atoms. The first kappa shape index (κ1) is 14.2. The van der Waals surface area contributed by atoms with Crippen LogP contribution in [0, 0.1) is 21.7 Å². The lowest BCUT2D eigenvalue weighted by Crippen LogP contribution is -2.25. The van der Waals surface area contributed by atoms with Gasteiger partial charge in [-0.1, -0.05) is 22.5 Å². The molecule has 96 valence electrons. The van der Waals surface area contributed by atoms with Crippen LogP contribution in [0.2, 0.25) is 0 Å². The van der Waals surface area contributed by atoms with Crippen LogP contribution in [-0.2, 0) is 0 Å². The van der Waals surface area contributed by atoms with Gasteiger partial charge in [-0.15, -0.1) is 0 Å². The van der Waals surface area contributed by atoms with E-state index in [-0.39, 0.29) is 6.54 Å². The number of amides is 1. The number of hydrogen-bond acceptors (Lipinski definition) is 3. The fraction of sp³-hybridized carbons (Fsp3) is 0.100. The van der Waals surface area contributed by atoms with Gasteiger partial charge in [0.05, 0.1) is 10.5 Å². The highest BCUT2D eigenvalue weighted by atomic mass is 79.9. The number of nitro benzene ring substituents is 1. The summed E-state index contributed by atoms with van der Waals surface area (Å²) in [6.07, 6.45) is 0. The van der Waals surface area contributed by atoms with Crippen LogP contribution in [0.4, 0.5) is 14.5 Å². The second-order valence-electron chi connectivity index (χ2n) is 3.24. The molecule has 1 rings (SSSR count). The lowest BCUT2D eigenvalue weighted by molar-refractivity contribution is -0.387. The van der Waals surface area contributed by atoms with Crippen molar-refractivity contribution in [2.45, 2.75) is 0 Å². The predicted molar refractivity (Wildman–Crippen MR) is 63.4 cm³/mol. The Kier molecular flexibility index (Phi) is 4.49. The second-order valence-corrected chi connectivity index (χ2v) is 4.36. The van der Waals surface area contributed by atoms with Crippen molar-refractivity contribution in [1.29, 1.82) is 0 Å². The van der Waals surface area contributed by atoms with E-state index in [0.29, 0.717) is 16.6 Å². The molecule has 0 fully saturated rings. The molecule has 0 radical (unpaired) electrons. The average molecular weight is 321 g/mol. The molecule has 1 aromatic carbocycles. The maximum absolute atomic E-state index is 13.3. The number of nitrogens with zero attached hydrogens (tertiary/aromatic N) is 1. The number of halogens is 3. The van der Waals surface area contributed by atoms with Crippen LogP contribution < -0.4 is 5.32 Å². The summed E-state index contributed by atoms with van der Waals surface area (Å²) in [5, 5.41) is 12.7. The summed E-state index contributed by atoms with van der Waals surface area (Å²) in [7, 11) is 0. The first-order valence-corrected chi connectivity index (χ1v) is 5.37. The highest BCUT2D eigenvalue weighted by Gasteiger charge is 2.22. The normalized spacial score (nSPS) is 9.94. The number of rotatable bonds is 4. The fourth-order valence-corrected chi connectivity index (χ4v) is 1.26. The molecule has 5 nitrogen and oxygen atoms in total. The minimum absolute atomic E-state index is 0.0173. The molecule has 0 spiro atoms. The summed E-state index contributed by atoms with van der Waals surface area (Å²) in [5.74, 6) is -3.40. The monoisotopic (exact) mass is 320 g/mol. The first-order valence-electron chi connectivity index (χ1n) is 4.58. The predicted octanol–water partition coefficient (Wildman–Crippen LogP) is 2.51. The van der Waals surface area contributed by atoms with E-state index in [2.05, 4.69) is 27.8 Å². The van der Waals surface area contributed by atoms with Crippen molar-refractivity contribution in [2.24, 2.45) is 0 Å². The molecule has 0 atom stereocenters. The summed E-state index contributed by atoms with van der Waals surface area (Å²) < 4.78 is 26.8. The van der Waals surface area contributed by atoms with Crippen molar-refractivity contribution in [2.75, 3.05) is 6.54 Å². The quantitative estimate of drug-likeness (QED) is 0.684. The second kappa shape index (κ2) is 5.67. The van der Waals surface area contributed by atoms with Gasteiger partial charge >= 0.3 is 5.69 Å². The molecule has 0 heterocycles. The molecule has 0 unspecified atom stereocenters. The van der Waals surface area contributed by atoms with Gasteiger partial charge in [0.25, 0.3) is 5.91 Å². The smallest absolute Gasteiger partial charge is 0.305 e. The van der Waals surface area contributed by atoms with Gasteiger partial charge in [0.15, 0.2) is 0 Å². The van der Waals surface area contributed by atoms with E-state index >= 15 is 0 Å². The molecule has 1 amide bonds. The Morgan fingerprint density at radius 2 is 2.06 bits per heavy atom. The Morgan fingerprint density at radius 1 is 1.44 bits per heavy atom. The largest absolute Gasteiger partial charge is 0.347 e. The average Bonchev–Trinajstić information content (AvgIpc) is 2.25. The lowest BCUT2D eigenvalue weighted by atomic mass is 10.1. The Balaban J connectivity index is 3.08. The lowest BCUT2D eigenvalue weighted by Gasteiger charge is -2.05. The topological polar surface area (TPSA) is 72.2 Å². The van der Waals surface area contributed by atoms with Crippen LogP contribution in [0.15, 0.2) is 23.2 Å². The number of nitrogens with one attached hydrogen (secondary N) is 1. The standard InChI is InChI=1S/C10H7BrF2N2O3/c1-5(11)4-14-10(16)6-2-9(15(17)18)8(13)3-7(6)12/h2-3H,1,4H2,(H,14,16). The number of carbonyl (C=O) groups is 1. The molecule has 0 aliphatic carbocycles. The van der Waals surface area contributed by atoms with Crippen molar-refractivity contribution < 1.29 is 18.5 Å². The summed E-state index contributed by atoms with van der Waals surface area (Å²) in [4.78, 5) is 20.9. The maximum atomic E-state index is 13.3. The third-order valence-electron chi connectivity index (χ3n) is 1.92. The third-order valence-corrected chi connectivity index (χ3v) is 2.20. The van der Waals surface area contributed by atoms with E-state index in [4.69, 9.17) is 0 Å². The third kappa shape index (κ3) is 3.33. The molecular formula is C10H7BrF2N2O3. The number of hydrogen-bond donors (Lipinski definition) is 1. The zero-order valence-electron chi connectivity index (χ0n) is 8.87. The Labute approximate surface area is 109 Å². The van der Waals surface area contributed by atoms with E-state index in [9.17, 15) is 23.7 Å². The van der Waals surface area contributed by atoms with Crippen LogP contribution >= 0.6 is 15.9 Å². The first-order chi connectivity index (χ1) is 8.32. The van der Waals surface area contributed by atoms with Crippen molar-refractivity contribution in [3.05, 3.63) is 50.5 Å². The van der Waals surface area contributed by atoms with Gasteiger partial charge in [-0.2, -0.15) is 4.39 Å². The molecule has 0 saturated heterocycles. The van der Waals surface area contributed by atoms with Crippen LogP contribution in [0.5, 0.6) is 0 Å². The highest BCUT2D eigenvalue weighted by molar-refractivity contribution is 9.11. The SMILES string of the molecule is C=C(Br)CNC(=O)c1cc([N+](=O)[O-])c(F)cc1F. The van der Waals surface area contributed by atoms with Gasteiger partial charge < -0.3 is 5.32 Å².